The van der Waals surface area contributed by atoms with Crippen molar-refractivity contribution in [3.63, 3.8) is 0 Å². The van der Waals surface area contributed by atoms with Crippen molar-refractivity contribution in [2.24, 2.45) is 0 Å². The summed E-state index contributed by atoms with van der Waals surface area (Å²) in [6, 6.07) is 0. The molecule has 0 aliphatic carbocycles. The molecule has 0 atom stereocenters. The van der Waals surface area contributed by atoms with E-state index in [0.717, 1.165) is 0 Å². The highest BCUT2D eigenvalue weighted by atomic mass is 19.2. The lowest BCUT2D eigenvalue weighted by Gasteiger charge is -2.17. The second-order valence-corrected chi connectivity index (χ2v) is 6.32. The van der Waals surface area contributed by atoms with Gasteiger partial charge in [-0.25, -0.2) is 39.9 Å². The quantitative estimate of drug-likeness (QED) is 0.225. The first-order valence-electron chi connectivity index (χ1n) is 8.49. The Bertz CT molecular complexity index is 1300. The molecule has 0 amide bonds. The first-order valence-corrected chi connectivity index (χ1v) is 8.49. The number of phenols is 1. The molecule has 0 unspecified atom stereocenters. The van der Waals surface area contributed by atoms with Crippen LogP contribution in [0.1, 0.15) is 10.4 Å². The van der Waals surface area contributed by atoms with Gasteiger partial charge in [0.25, 0.3) is 0 Å². The van der Waals surface area contributed by atoms with E-state index in [-0.39, 0.29) is 0 Å². The Morgan fingerprint density at radius 1 is 0.444 bits per heavy atom. The Morgan fingerprint density at radius 3 is 0.944 bits per heavy atom. The van der Waals surface area contributed by atoms with Gasteiger partial charge in [-0.1, -0.05) is 0 Å². The number of phenolic OH excluding ortho intramolecular Hbond substituents is 1. The molecule has 2 N–H and O–H groups in total. The number of carbonyl (C=O) groups is 1. The number of hydrogen-bond acceptors (Lipinski definition) is 4. The molecule has 0 saturated carbocycles. The van der Waals surface area contributed by atoms with Crippen molar-refractivity contribution >= 4 is 5.97 Å². The lowest BCUT2D eigenvalue weighted by molar-refractivity contribution is 0.0684. The smallest absolute Gasteiger partial charge is 0.342 e. The van der Waals surface area contributed by atoms with Crippen LogP contribution in [-0.4, -0.2) is 16.2 Å². The SMILES string of the molecule is O=C(O)c1c(F)c(Oc2c(F)c(F)c(F)c(F)c2F)c(O)c(Oc2c(F)c(F)c(F)c(F)c2F)c1F. The van der Waals surface area contributed by atoms with Crippen LogP contribution in [0.5, 0.6) is 28.7 Å². The molecule has 0 aliphatic rings. The second kappa shape index (κ2) is 9.04. The first kappa shape index (κ1) is 26.3. The zero-order chi connectivity index (χ0) is 27.4. The minimum atomic E-state index is -2.76. The summed E-state index contributed by atoms with van der Waals surface area (Å²) < 4.78 is 173. The molecule has 3 rings (SSSR count). The van der Waals surface area contributed by atoms with Crippen LogP contribution in [-0.2, 0) is 0 Å². The van der Waals surface area contributed by atoms with Gasteiger partial charge in [-0.15, -0.1) is 0 Å². The highest BCUT2D eigenvalue weighted by molar-refractivity contribution is 5.90. The summed E-state index contributed by atoms with van der Waals surface area (Å²) in [7, 11) is 0. The van der Waals surface area contributed by atoms with E-state index in [1.165, 1.54) is 0 Å². The molecule has 0 saturated heterocycles. The van der Waals surface area contributed by atoms with Gasteiger partial charge >= 0.3 is 5.97 Å². The second-order valence-electron chi connectivity index (χ2n) is 6.32. The third kappa shape index (κ3) is 3.85. The van der Waals surface area contributed by atoms with Crippen molar-refractivity contribution in [1.29, 1.82) is 0 Å². The normalized spacial score (nSPS) is 11.1. The van der Waals surface area contributed by atoms with E-state index in [1.807, 2.05) is 0 Å². The van der Waals surface area contributed by atoms with Crippen LogP contribution in [0.15, 0.2) is 0 Å². The molecule has 17 heteroatoms. The van der Waals surface area contributed by atoms with Gasteiger partial charge in [0.05, 0.1) is 0 Å². The van der Waals surface area contributed by atoms with Crippen molar-refractivity contribution in [3.8, 4) is 28.7 Å². The van der Waals surface area contributed by atoms with E-state index >= 15 is 0 Å². The molecule has 0 bridgehead atoms. The summed E-state index contributed by atoms with van der Waals surface area (Å²) in [4.78, 5) is 11.2. The van der Waals surface area contributed by atoms with Crippen molar-refractivity contribution in [1.82, 2.24) is 0 Å². The fourth-order valence-electron chi connectivity index (χ4n) is 2.56. The molecule has 0 aromatic heterocycles. The standard InChI is InChI=1S/C19H2F12O5/c20-2-1(19(33)34)3(21)18(36-16-12(30)8(26)5(23)9(27)13(16)31)14(32)17(2)35-15-10(28)6(24)4(22)7(25)11(15)29/h32H,(H,33,34). The fraction of sp³-hybridized carbons (Fsp3) is 0. The van der Waals surface area contributed by atoms with Gasteiger partial charge in [-0.3, -0.25) is 0 Å². The van der Waals surface area contributed by atoms with Crippen LogP contribution in [0.4, 0.5) is 52.7 Å². The fourth-order valence-corrected chi connectivity index (χ4v) is 2.56. The molecule has 0 heterocycles. The predicted octanol–water partition coefficient (Wildman–Crippen LogP) is 6.34. The number of hydrogen-bond donors (Lipinski definition) is 2. The summed E-state index contributed by atoms with van der Waals surface area (Å²) in [6.45, 7) is 0. The van der Waals surface area contributed by atoms with Crippen LogP contribution >= 0.6 is 0 Å². The summed E-state index contributed by atoms with van der Waals surface area (Å²) in [5, 5.41) is 19.0. The maximum atomic E-state index is 14.5. The van der Waals surface area contributed by atoms with Crippen LogP contribution in [0.3, 0.4) is 0 Å². The zero-order valence-electron chi connectivity index (χ0n) is 16.2. The molecule has 0 fully saturated rings. The van der Waals surface area contributed by atoms with Crippen molar-refractivity contribution in [2.75, 3.05) is 0 Å². The molecule has 5 nitrogen and oxygen atoms in total. The third-order valence-corrected chi connectivity index (χ3v) is 4.23. The summed E-state index contributed by atoms with van der Waals surface area (Å²) in [6.07, 6.45) is 0. The molecule has 0 spiro atoms. The highest BCUT2D eigenvalue weighted by Crippen LogP contribution is 2.48. The van der Waals surface area contributed by atoms with E-state index in [4.69, 9.17) is 5.11 Å². The van der Waals surface area contributed by atoms with Crippen molar-refractivity contribution < 1.29 is 77.2 Å². The Labute approximate surface area is 188 Å². The monoisotopic (exact) mass is 538 g/mol. The minimum absolute atomic E-state index is 2.25. The number of carboxylic acid groups (broad SMARTS) is 1. The molecular formula is C19H2F12O5. The van der Waals surface area contributed by atoms with Gasteiger partial charge in [0, 0.05) is 0 Å². The number of halogens is 12. The Balaban J connectivity index is 2.33. The van der Waals surface area contributed by atoms with Gasteiger partial charge in [0.15, 0.2) is 11.6 Å². The molecule has 3 aromatic rings. The average Bonchev–Trinajstić information content (AvgIpc) is 2.82. The predicted molar refractivity (Wildman–Crippen MR) is 87.6 cm³/mol. The molecule has 3 aromatic carbocycles. The number of aromatic hydroxyl groups is 1. The maximum absolute atomic E-state index is 14.5. The largest absolute Gasteiger partial charge is 0.502 e. The maximum Gasteiger partial charge on any atom is 0.342 e. The van der Waals surface area contributed by atoms with E-state index in [1.54, 1.807) is 0 Å². The lowest BCUT2D eigenvalue weighted by Crippen LogP contribution is -2.11. The summed E-state index contributed by atoms with van der Waals surface area (Å²) >= 11 is 0. The average molecular weight is 538 g/mol. The van der Waals surface area contributed by atoms with E-state index in [0.29, 0.717) is 0 Å². The molecule has 0 aliphatic heterocycles. The summed E-state index contributed by atoms with van der Waals surface area (Å²) in [5.41, 5.74) is -2.29. The van der Waals surface area contributed by atoms with E-state index < -0.39 is 110 Å². The molecule has 0 radical (unpaired) electrons. The number of rotatable bonds is 5. The number of aromatic carboxylic acids is 1. The van der Waals surface area contributed by atoms with Gasteiger partial charge in [0.2, 0.25) is 86.9 Å². The number of ether oxygens (including phenoxy) is 2. The Hall–Kier alpha value is -4.31. The summed E-state index contributed by atoms with van der Waals surface area (Å²) in [5.74, 6) is -46.8. The highest BCUT2D eigenvalue weighted by Gasteiger charge is 2.36. The van der Waals surface area contributed by atoms with Gasteiger partial charge in [0.1, 0.15) is 5.56 Å². The van der Waals surface area contributed by atoms with Crippen LogP contribution in [0, 0.1) is 69.8 Å². The Morgan fingerprint density at radius 2 is 0.694 bits per heavy atom. The van der Waals surface area contributed by atoms with Crippen molar-refractivity contribution in [2.45, 2.75) is 0 Å². The van der Waals surface area contributed by atoms with Crippen LogP contribution in [0.25, 0.3) is 0 Å². The van der Waals surface area contributed by atoms with Gasteiger partial charge in [-0.2, -0.15) is 17.6 Å². The molecular weight excluding hydrogens is 536 g/mol. The van der Waals surface area contributed by atoms with Crippen LogP contribution in [0.2, 0.25) is 0 Å². The van der Waals surface area contributed by atoms with Gasteiger partial charge < -0.3 is 19.7 Å². The van der Waals surface area contributed by atoms with Gasteiger partial charge in [-0.05, 0) is 0 Å². The molecule has 192 valence electrons. The number of benzene rings is 3. The zero-order valence-corrected chi connectivity index (χ0v) is 16.2. The van der Waals surface area contributed by atoms with Crippen LogP contribution < -0.4 is 9.47 Å². The Kier molecular flexibility index (Phi) is 6.61. The van der Waals surface area contributed by atoms with Crippen molar-refractivity contribution in [3.05, 3.63) is 75.4 Å². The first-order chi connectivity index (χ1) is 16.6. The van der Waals surface area contributed by atoms with E-state index in [9.17, 15) is 62.6 Å². The number of carboxylic acids is 1. The lowest BCUT2D eigenvalue weighted by atomic mass is 10.1. The van der Waals surface area contributed by atoms with E-state index in [2.05, 4.69) is 9.47 Å². The minimum Gasteiger partial charge on any atom is -0.502 e. The topological polar surface area (TPSA) is 76.0 Å². The third-order valence-electron chi connectivity index (χ3n) is 4.23. The molecule has 36 heavy (non-hydrogen) atoms.